The number of amides is 1. The van der Waals surface area contributed by atoms with Crippen LogP contribution in [-0.2, 0) is 10.0 Å². The van der Waals surface area contributed by atoms with Crippen LogP contribution >= 0.6 is 11.3 Å². The fraction of sp³-hybridized carbons (Fsp3) is 0.259. The van der Waals surface area contributed by atoms with E-state index in [1.165, 1.54) is 27.8 Å². The van der Waals surface area contributed by atoms with Gasteiger partial charge in [0.15, 0.2) is 5.13 Å². The Bertz CT molecular complexity index is 1470. The summed E-state index contributed by atoms with van der Waals surface area (Å²) in [6.07, 6.45) is 0. The van der Waals surface area contributed by atoms with Gasteiger partial charge in [-0.2, -0.15) is 0 Å². The van der Waals surface area contributed by atoms with Crippen molar-refractivity contribution in [3.05, 3.63) is 78.4 Å². The summed E-state index contributed by atoms with van der Waals surface area (Å²) in [5, 5.41) is 0.577. The van der Waals surface area contributed by atoms with Gasteiger partial charge < -0.3 is 9.64 Å². The van der Waals surface area contributed by atoms with Crippen LogP contribution in [0.1, 0.15) is 17.3 Å². The van der Waals surface area contributed by atoms with Crippen molar-refractivity contribution >= 4 is 48.3 Å². The molecule has 3 aromatic carbocycles. The fourth-order valence-corrected chi connectivity index (χ4v) is 6.35. The number of carbonyl (C=O) groups excluding carboxylic acids is 1. The summed E-state index contributed by atoms with van der Waals surface area (Å²) in [7, 11) is 1.71. The van der Waals surface area contributed by atoms with E-state index in [0.717, 1.165) is 16.0 Å². The molecule has 0 aliphatic carbocycles. The SMILES string of the molecule is CCN(c1ccccc1)S(=O)(=O)c1ccc(C(=O)N(CCN(C)C)c2nc3ccc(OC)cc3s2)cc1. The van der Waals surface area contributed by atoms with Crippen LogP contribution in [0.15, 0.2) is 77.7 Å². The monoisotopic (exact) mass is 538 g/mol. The summed E-state index contributed by atoms with van der Waals surface area (Å²) in [6.45, 7) is 3.15. The normalized spacial score (nSPS) is 11.6. The van der Waals surface area contributed by atoms with E-state index < -0.39 is 10.0 Å². The molecule has 4 rings (SSSR count). The Kier molecular flexibility index (Phi) is 8.11. The second-order valence-corrected chi connectivity index (χ2v) is 11.5. The summed E-state index contributed by atoms with van der Waals surface area (Å²) in [5.74, 6) is 0.481. The Balaban J connectivity index is 1.64. The molecule has 0 saturated carbocycles. The number of benzene rings is 3. The number of rotatable bonds is 10. The van der Waals surface area contributed by atoms with Gasteiger partial charge in [0, 0.05) is 25.2 Å². The molecule has 4 aromatic rings. The molecule has 1 heterocycles. The highest BCUT2D eigenvalue weighted by molar-refractivity contribution is 7.92. The highest BCUT2D eigenvalue weighted by atomic mass is 32.2. The average molecular weight is 539 g/mol. The number of para-hydroxylation sites is 1. The van der Waals surface area contributed by atoms with Crippen LogP contribution in [0.2, 0.25) is 0 Å². The van der Waals surface area contributed by atoms with Gasteiger partial charge in [0.2, 0.25) is 0 Å². The van der Waals surface area contributed by atoms with Gasteiger partial charge in [-0.15, -0.1) is 0 Å². The van der Waals surface area contributed by atoms with Crippen LogP contribution in [0.4, 0.5) is 10.8 Å². The van der Waals surface area contributed by atoms with Crippen LogP contribution < -0.4 is 13.9 Å². The smallest absolute Gasteiger partial charge is 0.264 e. The number of anilines is 2. The molecule has 0 saturated heterocycles. The minimum atomic E-state index is -3.78. The molecule has 0 N–H and O–H groups in total. The van der Waals surface area contributed by atoms with Gasteiger partial charge in [-0.1, -0.05) is 29.5 Å². The van der Waals surface area contributed by atoms with Crippen molar-refractivity contribution in [1.82, 2.24) is 9.88 Å². The summed E-state index contributed by atoms with van der Waals surface area (Å²) < 4.78 is 34.3. The summed E-state index contributed by atoms with van der Waals surface area (Å²) >= 11 is 1.41. The number of ether oxygens (including phenoxy) is 1. The Hall–Kier alpha value is -3.47. The first kappa shape index (κ1) is 26.6. The average Bonchev–Trinajstić information content (AvgIpc) is 3.32. The van der Waals surface area contributed by atoms with Crippen molar-refractivity contribution in [1.29, 1.82) is 0 Å². The van der Waals surface area contributed by atoms with Gasteiger partial charge >= 0.3 is 0 Å². The maximum Gasteiger partial charge on any atom is 0.264 e. The van der Waals surface area contributed by atoms with Crippen molar-refractivity contribution in [2.75, 3.05) is 50.0 Å². The van der Waals surface area contributed by atoms with E-state index >= 15 is 0 Å². The topological polar surface area (TPSA) is 83.1 Å². The zero-order valence-electron chi connectivity index (χ0n) is 21.3. The number of sulfonamides is 1. The molecule has 0 unspecified atom stereocenters. The first-order chi connectivity index (χ1) is 17.7. The molecule has 1 aromatic heterocycles. The number of fused-ring (bicyclic) bond motifs is 1. The largest absolute Gasteiger partial charge is 0.497 e. The van der Waals surface area contributed by atoms with Crippen molar-refractivity contribution in [3.8, 4) is 5.75 Å². The van der Waals surface area contributed by atoms with E-state index in [2.05, 4.69) is 4.98 Å². The molecule has 0 aliphatic rings. The number of aromatic nitrogens is 1. The molecular weight excluding hydrogens is 508 g/mol. The number of nitrogens with zero attached hydrogens (tertiary/aromatic N) is 4. The molecule has 0 spiro atoms. The maximum atomic E-state index is 13.6. The number of carbonyl (C=O) groups is 1. The van der Waals surface area contributed by atoms with Gasteiger partial charge in [-0.05, 0) is 75.6 Å². The summed E-state index contributed by atoms with van der Waals surface area (Å²) in [6, 6.07) is 20.7. The highest BCUT2D eigenvalue weighted by Crippen LogP contribution is 2.32. The molecule has 0 aliphatic heterocycles. The molecule has 10 heteroatoms. The van der Waals surface area contributed by atoms with Gasteiger partial charge in [0.25, 0.3) is 15.9 Å². The number of hydrogen-bond acceptors (Lipinski definition) is 7. The maximum absolute atomic E-state index is 13.6. The van der Waals surface area contributed by atoms with E-state index in [1.54, 1.807) is 55.3 Å². The van der Waals surface area contributed by atoms with Crippen molar-refractivity contribution < 1.29 is 17.9 Å². The van der Waals surface area contributed by atoms with Crippen molar-refractivity contribution in [2.24, 2.45) is 0 Å². The third-order valence-electron chi connectivity index (χ3n) is 5.85. The van der Waals surface area contributed by atoms with Crippen LogP contribution in [0.25, 0.3) is 10.2 Å². The zero-order valence-corrected chi connectivity index (χ0v) is 22.9. The Morgan fingerprint density at radius 3 is 2.30 bits per heavy atom. The summed E-state index contributed by atoms with van der Waals surface area (Å²) in [5.41, 5.74) is 1.76. The quantitative estimate of drug-likeness (QED) is 0.290. The molecule has 194 valence electrons. The summed E-state index contributed by atoms with van der Waals surface area (Å²) in [4.78, 5) is 22.1. The molecule has 8 nitrogen and oxygen atoms in total. The highest BCUT2D eigenvalue weighted by Gasteiger charge is 2.25. The van der Waals surface area contributed by atoms with E-state index in [-0.39, 0.29) is 17.3 Å². The lowest BCUT2D eigenvalue weighted by Crippen LogP contribution is -2.36. The first-order valence-corrected chi connectivity index (χ1v) is 14.1. The lowest BCUT2D eigenvalue weighted by molar-refractivity contribution is 0.0985. The third-order valence-corrected chi connectivity index (χ3v) is 8.81. The Morgan fingerprint density at radius 1 is 0.973 bits per heavy atom. The van der Waals surface area contributed by atoms with Crippen molar-refractivity contribution in [2.45, 2.75) is 11.8 Å². The third kappa shape index (κ3) is 5.76. The standard InChI is InChI=1S/C27H30N4O4S2/c1-5-31(21-9-7-6-8-10-21)37(33,34)23-14-11-20(12-15-23)26(32)30(18-17-29(2)3)27-28-24-16-13-22(35-4)19-25(24)36-27/h6-16,19H,5,17-18H2,1-4H3. The molecule has 37 heavy (non-hydrogen) atoms. The fourth-order valence-electron chi connectivity index (χ4n) is 3.86. The van der Waals surface area contributed by atoms with E-state index in [1.807, 2.05) is 43.3 Å². The molecule has 0 radical (unpaired) electrons. The molecule has 0 fully saturated rings. The lowest BCUT2D eigenvalue weighted by Gasteiger charge is -2.24. The predicted molar refractivity (Wildman–Crippen MR) is 149 cm³/mol. The minimum absolute atomic E-state index is 0.127. The second kappa shape index (κ2) is 11.3. The predicted octanol–water partition coefficient (Wildman–Crippen LogP) is 4.73. The minimum Gasteiger partial charge on any atom is -0.497 e. The van der Waals surface area contributed by atoms with Crippen LogP contribution in [0.5, 0.6) is 5.75 Å². The second-order valence-electron chi connectivity index (χ2n) is 8.62. The van der Waals surface area contributed by atoms with E-state index in [4.69, 9.17) is 4.74 Å². The van der Waals surface area contributed by atoms with Gasteiger partial charge in [0.05, 0.1) is 27.9 Å². The molecular formula is C27H30N4O4S2. The van der Waals surface area contributed by atoms with Crippen molar-refractivity contribution in [3.63, 3.8) is 0 Å². The lowest BCUT2D eigenvalue weighted by atomic mass is 10.2. The molecule has 1 amide bonds. The van der Waals surface area contributed by atoms with Crippen LogP contribution in [0, 0.1) is 0 Å². The number of methoxy groups -OCH3 is 1. The Morgan fingerprint density at radius 2 is 1.68 bits per heavy atom. The van der Waals surface area contributed by atoms with Gasteiger partial charge in [0.1, 0.15) is 5.75 Å². The van der Waals surface area contributed by atoms with E-state index in [0.29, 0.717) is 29.5 Å². The molecule has 0 atom stereocenters. The van der Waals surface area contributed by atoms with Crippen LogP contribution in [0.3, 0.4) is 0 Å². The van der Waals surface area contributed by atoms with Gasteiger partial charge in [-0.25, -0.2) is 13.4 Å². The molecule has 0 bridgehead atoms. The van der Waals surface area contributed by atoms with Crippen LogP contribution in [-0.4, -0.2) is 65.0 Å². The zero-order chi connectivity index (χ0) is 26.6. The Labute approximate surface area is 221 Å². The van der Waals surface area contributed by atoms with Gasteiger partial charge in [-0.3, -0.25) is 14.0 Å². The number of likely N-dealkylation sites (N-methyl/N-ethyl adjacent to an activating group) is 1. The van der Waals surface area contributed by atoms with E-state index in [9.17, 15) is 13.2 Å². The number of thiazole rings is 1. The number of hydrogen-bond donors (Lipinski definition) is 0. The first-order valence-electron chi connectivity index (χ1n) is 11.8.